The minimum absolute atomic E-state index is 0.0922. The summed E-state index contributed by atoms with van der Waals surface area (Å²) >= 11 is 1.27. The third-order valence-corrected chi connectivity index (χ3v) is 7.78. The van der Waals surface area contributed by atoms with Crippen LogP contribution in [0.15, 0.2) is 18.2 Å². The van der Waals surface area contributed by atoms with E-state index in [9.17, 15) is 17.6 Å². The van der Waals surface area contributed by atoms with Gasteiger partial charge in [-0.1, -0.05) is 17.4 Å². The highest BCUT2D eigenvalue weighted by atomic mass is 32.2. The van der Waals surface area contributed by atoms with Gasteiger partial charge in [-0.05, 0) is 37.8 Å². The number of carbonyl (C=O) groups excluding carboxylic acids is 1. The molecule has 0 radical (unpaired) electrons. The van der Waals surface area contributed by atoms with Crippen LogP contribution in [0.3, 0.4) is 0 Å². The summed E-state index contributed by atoms with van der Waals surface area (Å²) in [6.07, 6.45) is 4.11. The van der Waals surface area contributed by atoms with Crippen LogP contribution in [-0.4, -0.2) is 62.2 Å². The third kappa shape index (κ3) is 4.45. The predicted octanol–water partition coefficient (Wildman–Crippen LogP) is 2.62. The largest absolute Gasteiger partial charge is 0.376 e. The van der Waals surface area contributed by atoms with Crippen LogP contribution in [0, 0.1) is 11.7 Å². The lowest BCUT2D eigenvalue weighted by Gasteiger charge is -2.33. The van der Waals surface area contributed by atoms with Gasteiger partial charge in [0, 0.05) is 19.7 Å². The maximum Gasteiger partial charge on any atom is 0.233 e. The zero-order valence-electron chi connectivity index (χ0n) is 16.2. The number of anilines is 1. The van der Waals surface area contributed by atoms with Crippen molar-refractivity contribution in [1.82, 2.24) is 9.29 Å². The average molecular weight is 442 g/mol. The molecule has 2 aliphatic rings. The second-order valence-corrected chi connectivity index (χ2v) is 10.6. The van der Waals surface area contributed by atoms with Gasteiger partial charge in [0.2, 0.25) is 15.9 Å². The molecular weight excluding hydrogens is 417 g/mol. The number of carbonyl (C=O) groups is 1. The third-order valence-electron chi connectivity index (χ3n) is 5.47. The van der Waals surface area contributed by atoms with Crippen molar-refractivity contribution in [1.29, 1.82) is 0 Å². The normalized spacial score (nSPS) is 23.5. The molecule has 0 saturated carbocycles. The molecule has 0 N–H and O–H groups in total. The lowest BCUT2D eigenvalue weighted by molar-refractivity contribution is -0.123. The van der Waals surface area contributed by atoms with Crippen molar-refractivity contribution in [3.8, 4) is 0 Å². The van der Waals surface area contributed by atoms with Crippen LogP contribution in [0.4, 0.5) is 9.52 Å². The fourth-order valence-corrected chi connectivity index (χ4v) is 5.84. The van der Waals surface area contributed by atoms with Crippen LogP contribution in [0.25, 0.3) is 10.2 Å². The van der Waals surface area contributed by atoms with Gasteiger partial charge in [-0.15, -0.1) is 0 Å². The zero-order chi connectivity index (χ0) is 20.6. The first-order chi connectivity index (χ1) is 13.8. The molecule has 10 heteroatoms. The quantitative estimate of drug-likeness (QED) is 0.713. The first kappa shape index (κ1) is 20.6. The number of amides is 1. The molecule has 2 unspecified atom stereocenters. The Morgan fingerprint density at radius 3 is 2.90 bits per heavy atom. The maximum atomic E-state index is 14.1. The Bertz CT molecular complexity index is 1000. The Hall–Kier alpha value is -1.62. The second kappa shape index (κ2) is 8.25. The van der Waals surface area contributed by atoms with Crippen LogP contribution in [0.5, 0.6) is 0 Å². The highest BCUT2D eigenvalue weighted by Gasteiger charge is 2.35. The van der Waals surface area contributed by atoms with Crippen molar-refractivity contribution in [2.24, 2.45) is 5.92 Å². The van der Waals surface area contributed by atoms with Gasteiger partial charge in [-0.3, -0.25) is 9.69 Å². The van der Waals surface area contributed by atoms with Crippen molar-refractivity contribution in [2.75, 3.05) is 37.4 Å². The Morgan fingerprint density at radius 1 is 1.38 bits per heavy atom. The van der Waals surface area contributed by atoms with E-state index < -0.39 is 21.8 Å². The van der Waals surface area contributed by atoms with E-state index >= 15 is 0 Å². The fraction of sp³-hybridized carbons (Fsp3) is 0.579. The number of rotatable bonds is 5. The number of hydrogen-bond acceptors (Lipinski definition) is 6. The summed E-state index contributed by atoms with van der Waals surface area (Å²) in [4.78, 5) is 19.4. The van der Waals surface area contributed by atoms with Crippen LogP contribution in [0.1, 0.15) is 25.7 Å². The van der Waals surface area contributed by atoms with Crippen LogP contribution in [-0.2, 0) is 19.6 Å². The van der Waals surface area contributed by atoms with Crippen molar-refractivity contribution in [3.63, 3.8) is 0 Å². The van der Waals surface area contributed by atoms with E-state index in [1.807, 2.05) is 0 Å². The molecule has 2 aromatic rings. The maximum absolute atomic E-state index is 14.1. The van der Waals surface area contributed by atoms with Crippen LogP contribution in [0.2, 0.25) is 0 Å². The molecule has 2 atom stereocenters. The smallest absolute Gasteiger partial charge is 0.233 e. The number of aromatic nitrogens is 1. The van der Waals surface area contributed by atoms with Gasteiger partial charge in [-0.25, -0.2) is 22.1 Å². The molecule has 0 aliphatic carbocycles. The minimum Gasteiger partial charge on any atom is -0.376 e. The highest BCUT2D eigenvalue weighted by molar-refractivity contribution is 7.88. The van der Waals surface area contributed by atoms with E-state index in [1.54, 1.807) is 17.0 Å². The number of benzene rings is 1. The molecule has 1 aromatic heterocycles. The average Bonchev–Trinajstić information content (AvgIpc) is 3.35. The highest BCUT2D eigenvalue weighted by Crippen LogP contribution is 2.33. The number of sulfonamides is 1. The minimum atomic E-state index is -3.36. The molecule has 2 aliphatic heterocycles. The molecule has 2 saturated heterocycles. The van der Waals surface area contributed by atoms with Crippen molar-refractivity contribution >= 4 is 42.6 Å². The summed E-state index contributed by atoms with van der Waals surface area (Å²) < 4.78 is 45.8. The standard InChI is InChI=1S/C19H24FN3O4S2/c1-29(25,26)22-9-3-5-13(11-22)18(24)23(12-14-6-4-10-27-14)19-21-17-15(20)7-2-8-16(17)28-19/h2,7-8,13-14H,3-6,9-12H2,1H3. The van der Waals surface area contributed by atoms with Crippen molar-refractivity contribution in [2.45, 2.75) is 31.8 Å². The molecule has 29 heavy (non-hydrogen) atoms. The summed E-state index contributed by atoms with van der Waals surface area (Å²) in [5.41, 5.74) is 0.249. The van der Waals surface area contributed by atoms with Crippen LogP contribution >= 0.6 is 11.3 Å². The predicted molar refractivity (Wildman–Crippen MR) is 110 cm³/mol. The Labute approximate surface area is 173 Å². The number of piperidine rings is 1. The summed E-state index contributed by atoms with van der Waals surface area (Å²) in [5.74, 6) is -1.04. The van der Waals surface area contributed by atoms with Crippen molar-refractivity contribution < 1.29 is 22.3 Å². The number of nitrogens with zero attached hydrogens (tertiary/aromatic N) is 3. The lowest BCUT2D eigenvalue weighted by Crippen LogP contribution is -2.48. The molecule has 158 valence electrons. The second-order valence-electron chi connectivity index (χ2n) is 7.63. The number of ether oxygens (including phenoxy) is 1. The van der Waals surface area contributed by atoms with E-state index in [0.717, 1.165) is 12.8 Å². The number of para-hydroxylation sites is 1. The monoisotopic (exact) mass is 441 g/mol. The number of halogens is 1. The van der Waals surface area contributed by atoms with E-state index in [4.69, 9.17) is 4.74 Å². The molecule has 4 rings (SSSR count). The van der Waals surface area contributed by atoms with Gasteiger partial charge < -0.3 is 4.74 Å². The number of fused-ring (bicyclic) bond motifs is 1. The van der Waals surface area contributed by atoms with Gasteiger partial charge in [0.15, 0.2) is 5.13 Å². The lowest BCUT2D eigenvalue weighted by atomic mass is 9.98. The topological polar surface area (TPSA) is 79.8 Å². The van der Waals surface area contributed by atoms with Crippen LogP contribution < -0.4 is 4.90 Å². The molecule has 3 heterocycles. The molecule has 7 nitrogen and oxygen atoms in total. The molecule has 1 aromatic carbocycles. The Balaban J connectivity index is 1.64. The van der Waals surface area contributed by atoms with Gasteiger partial charge in [0.05, 0.1) is 29.5 Å². The molecule has 0 spiro atoms. The molecule has 2 fully saturated rings. The van der Waals surface area contributed by atoms with E-state index in [1.165, 1.54) is 28.0 Å². The molecule has 0 bridgehead atoms. The van der Waals surface area contributed by atoms with Gasteiger partial charge in [-0.2, -0.15) is 0 Å². The molecular formula is C19H24FN3O4S2. The summed E-state index contributed by atoms with van der Waals surface area (Å²) in [6.45, 7) is 1.60. The van der Waals surface area contributed by atoms with Gasteiger partial charge >= 0.3 is 0 Å². The SMILES string of the molecule is CS(=O)(=O)N1CCCC(C(=O)N(CC2CCCO2)c2nc3c(F)cccc3s2)C1. The first-order valence-corrected chi connectivity index (χ1v) is 12.4. The van der Waals surface area contributed by atoms with E-state index in [2.05, 4.69) is 4.98 Å². The zero-order valence-corrected chi connectivity index (χ0v) is 17.8. The van der Waals surface area contributed by atoms with E-state index in [0.29, 0.717) is 42.4 Å². The van der Waals surface area contributed by atoms with E-state index in [-0.39, 0.29) is 24.1 Å². The Morgan fingerprint density at radius 2 is 2.21 bits per heavy atom. The fourth-order valence-electron chi connectivity index (χ4n) is 3.94. The number of thiazole rings is 1. The van der Waals surface area contributed by atoms with Crippen molar-refractivity contribution in [3.05, 3.63) is 24.0 Å². The summed E-state index contributed by atoms with van der Waals surface area (Å²) in [5, 5.41) is 0.432. The summed E-state index contributed by atoms with van der Waals surface area (Å²) in [7, 11) is -3.36. The summed E-state index contributed by atoms with van der Waals surface area (Å²) in [6, 6.07) is 4.75. The van der Waals surface area contributed by atoms with Gasteiger partial charge in [0.25, 0.3) is 0 Å². The van der Waals surface area contributed by atoms with Gasteiger partial charge in [0.1, 0.15) is 11.3 Å². The first-order valence-electron chi connectivity index (χ1n) is 9.76. The molecule has 1 amide bonds. The number of hydrogen-bond donors (Lipinski definition) is 0. The Kier molecular flexibility index (Phi) is 5.87.